The summed E-state index contributed by atoms with van der Waals surface area (Å²) >= 11 is 0. The third kappa shape index (κ3) is 106. The molecule has 116 heavy (non-hydrogen) atoms. The van der Waals surface area contributed by atoms with Crippen molar-refractivity contribution in [1.29, 1.82) is 0 Å². The Morgan fingerprint density at radius 2 is 0.121 bits per heavy atom. The van der Waals surface area contributed by atoms with Gasteiger partial charge in [0.15, 0.2) is 0 Å². The van der Waals surface area contributed by atoms with E-state index in [2.05, 4.69) is 27.7 Å². The van der Waals surface area contributed by atoms with E-state index < -0.39 is 0 Å². The van der Waals surface area contributed by atoms with Crippen molar-refractivity contribution in [3.63, 3.8) is 0 Å². The minimum atomic E-state index is 1.01. The van der Waals surface area contributed by atoms with Crippen LogP contribution in [0.2, 0.25) is 0 Å². The fraction of sp³-hybridized carbons (Fsp3) is 1.00. The van der Waals surface area contributed by atoms with Crippen molar-refractivity contribution in [2.24, 2.45) is 11.8 Å². The zero-order valence-corrected chi connectivity index (χ0v) is 82.9. The number of unbranched alkanes of at least 4 members (excludes halogenated alkanes) is 99. The van der Waals surface area contributed by atoms with Gasteiger partial charge in [0, 0.05) is 0 Å². The smallest absolute Gasteiger partial charge is 0.0414 e. The van der Waals surface area contributed by atoms with Crippen LogP contribution in [-0.2, 0) is 0 Å². The maximum absolute atomic E-state index is 2.34. The molecule has 0 radical (unpaired) electrons. The van der Waals surface area contributed by atoms with E-state index in [0.717, 1.165) is 11.8 Å². The first kappa shape index (κ1) is 116. The van der Waals surface area contributed by atoms with Crippen LogP contribution in [0.25, 0.3) is 0 Å². The molecule has 0 aliphatic rings. The van der Waals surface area contributed by atoms with Gasteiger partial charge in [0.25, 0.3) is 0 Å². The molecular weight excluding hydrogens is 1390 g/mol. The largest absolute Gasteiger partial charge is 0.0654 e. The Morgan fingerprint density at radius 3 is 0.190 bits per heavy atom. The van der Waals surface area contributed by atoms with E-state index in [0.29, 0.717) is 0 Å². The standard InChI is InChI=1S/C116H234/c1-5-9-13-17-21-25-29-33-37-41-43-45-47-49-51-53-55-57-59-61-63-65-67-69-71-73-75-77-81-85-89-93-97-101-105-111-116(112-106-102-98-94-90-86-82-78-76-74-72-70-68-66-64-62-60-58-56-54-52-50-48-46-44-42-38-34-30-26-22-18-14-10-6-2)114-108-107-113-115(109-103-99-95-91-87-83-79-39-35-31-27-23-19-15-11-7-3)110-104-100-96-92-88-84-80-40-36-32-28-24-20-16-12-8-4/h115-116H,5-114H2,1-4H3. The van der Waals surface area contributed by atoms with Crippen molar-refractivity contribution in [2.45, 2.75) is 734 Å². The van der Waals surface area contributed by atoms with Crippen LogP contribution in [0.5, 0.6) is 0 Å². The zero-order chi connectivity index (χ0) is 82.9. The Morgan fingerprint density at radius 1 is 0.0690 bits per heavy atom. The molecule has 0 bridgehead atoms. The molecule has 0 fully saturated rings. The number of hydrogen-bond acceptors (Lipinski definition) is 0. The molecule has 0 aliphatic carbocycles. The van der Waals surface area contributed by atoms with Crippen LogP contribution in [0.4, 0.5) is 0 Å². The van der Waals surface area contributed by atoms with E-state index >= 15 is 0 Å². The SMILES string of the molecule is CCCCCCCCCCCCCCCCCCCCCCCCCCCCCCCCCCCCCC(CCCCCCCCCCCCCCCCCCCCCCCCCCCCCCCCCCCCC)CCCCC(CCCCCCCCCCCCCCCCCC)CCCCCCCCCCCCCCCCCC. The maximum Gasteiger partial charge on any atom is -0.0414 e. The maximum atomic E-state index is 2.34. The monoisotopic (exact) mass is 1630 g/mol. The van der Waals surface area contributed by atoms with Crippen LogP contribution in [0, 0.1) is 11.8 Å². The quantitative estimate of drug-likeness (QED) is 0.0533. The second-order valence-corrected chi connectivity index (χ2v) is 40.8. The van der Waals surface area contributed by atoms with Gasteiger partial charge in [0.05, 0.1) is 0 Å². The van der Waals surface area contributed by atoms with Crippen molar-refractivity contribution >= 4 is 0 Å². The first-order valence-electron chi connectivity index (χ1n) is 57.8. The predicted molar refractivity (Wildman–Crippen MR) is 538 cm³/mol. The third-order valence-corrected chi connectivity index (χ3v) is 28.8. The van der Waals surface area contributed by atoms with Gasteiger partial charge in [-0.05, 0) is 11.8 Å². The van der Waals surface area contributed by atoms with Gasteiger partial charge in [-0.3, -0.25) is 0 Å². The van der Waals surface area contributed by atoms with Crippen molar-refractivity contribution in [2.75, 3.05) is 0 Å². The minimum absolute atomic E-state index is 1.01. The summed E-state index contributed by atoms with van der Waals surface area (Å²) in [7, 11) is 0. The fourth-order valence-corrected chi connectivity index (χ4v) is 20.4. The van der Waals surface area contributed by atoms with Crippen LogP contribution in [-0.4, -0.2) is 0 Å². The summed E-state index contributed by atoms with van der Waals surface area (Å²) in [6.45, 7) is 9.33. The number of rotatable bonds is 111. The molecule has 0 spiro atoms. The zero-order valence-electron chi connectivity index (χ0n) is 82.9. The van der Waals surface area contributed by atoms with Gasteiger partial charge in [-0.15, -0.1) is 0 Å². The molecule has 0 atom stereocenters. The average Bonchev–Trinajstić information content (AvgIpc) is 0.980. The summed E-state index contributed by atoms with van der Waals surface area (Å²) in [5, 5.41) is 0. The number of hydrogen-bond donors (Lipinski definition) is 0. The Hall–Kier alpha value is 0. The highest BCUT2D eigenvalue weighted by atomic mass is 14.2. The Balaban J connectivity index is 4.62. The normalized spacial score (nSPS) is 11.9. The predicted octanol–water partition coefficient (Wildman–Crippen LogP) is 45.2. The lowest BCUT2D eigenvalue weighted by molar-refractivity contribution is 0.337. The first-order valence-corrected chi connectivity index (χ1v) is 57.8. The highest BCUT2D eigenvalue weighted by Crippen LogP contribution is 2.30. The molecule has 0 saturated carbocycles. The van der Waals surface area contributed by atoms with E-state index in [-0.39, 0.29) is 0 Å². The summed E-state index contributed by atoms with van der Waals surface area (Å²) in [4.78, 5) is 0. The van der Waals surface area contributed by atoms with Crippen molar-refractivity contribution in [3.05, 3.63) is 0 Å². The summed E-state index contributed by atoms with van der Waals surface area (Å²) in [5.41, 5.74) is 0. The van der Waals surface area contributed by atoms with E-state index in [9.17, 15) is 0 Å². The topological polar surface area (TPSA) is 0 Å². The van der Waals surface area contributed by atoms with E-state index in [1.807, 2.05) is 0 Å². The van der Waals surface area contributed by atoms with Gasteiger partial charge in [-0.2, -0.15) is 0 Å². The lowest BCUT2D eigenvalue weighted by Crippen LogP contribution is -2.04. The second-order valence-electron chi connectivity index (χ2n) is 40.8. The van der Waals surface area contributed by atoms with Gasteiger partial charge < -0.3 is 0 Å². The molecule has 0 aromatic carbocycles. The Kier molecular flexibility index (Phi) is 111. The van der Waals surface area contributed by atoms with Crippen LogP contribution >= 0.6 is 0 Å². The summed E-state index contributed by atoms with van der Waals surface area (Å²) < 4.78 is 0. The van der Waals surface area contributed by atoms with Crippen molar-refractivity contribution in [3.8, 4) is 0 Å². The van der Waals surface area contributed by atoms with Gasteiger partial charge in [-0.1, -0.05) is 734 Å². The molecule has 0 aromatic heterocycles. The Labute approximate surface area is 741 Å². The van der Waals surface area contributed by atoms with Gasteiger partial charge in [0.1, 0.15) is 0 Å². The molecule has 0 rings (SSSR count). The van der Waals surface area contributed by atoms with Gasteiger partial charge >= 0.3 is 0 Å². The molecule has 0 aliphatic heterocycles. The molecule has 0 unspecified atom stereocenters. The average molecular weight is 1630 g/mol. The van der Waals surface area contributed by atoms with Crippen LogP contribution in [0.3, 0.4) is 0 Å². The second kappa shape index (κ2) is 111. The molecule has 0 N–H and O–H groups in total. The minimum Gasteiger partial charge on any atom is -0.0654 e. The third-order valence-electron chi connectivity index (χ3n) is 28.8. The van der Waals surface area contributed by atoms with Crippen molar-refractivity contribution in [1.82, 2.24) is 0 Å². The molecule has 0 saturated heterocycles. The van der Waals surface area contributed by atoms with Gasteiger partial charge in [-0.25, -0.2) is 0 Å². The van der Waals surface area contributed by atoms with E-state index in [1.165, 1.54) is 668 Å². The molecule has 0 heterocycles. The lowest BCUT2D eigenvalue weighted by Gasteiger charge is -2.20. The molecule has 0 aromatic rings. The van der Waals surface area contributed by atoms with Crippen LogP contribution in [0.1, 0.15) is 734 Å². The molecule has 0 heteroatoms. The first-order chi connectivity index (χ1) is 57.8. The van der Waals surface area contributed by atoms with Crippen LogP contribution < -0.4 is 0 Å². The Bertz CT molecular complexity index is 1480. The van der Waals surface area contributed by atoms with Gasteiger partial charge in [0.2, 0.25) is 0 Å². The fourth-order valence-electron chi connectivity index (χ4n) is 20.4. The lowest BCUT2D eigenvalue weighted by atomic mass is 9.86. The molecule has 0 amide bonds. The molecular formula is C116H234. The molecule has 698 valence electrons. The van der Waals surface area contributed by atoms with E-state index in [1.54, 1.807) is 38.5 Å². The highest BCUT2D eigenvalue weighted by molar-refractivity contribution is 4.68. The highest BCUT2D eigenvalue weighted by Gasteiger charge is 2.14. The summed E-state index contributed by atoms with van der Waals surface area (Å²) in [6.07, 6.45) is 164. The molecule has 0 nitrogen and oxygen atoms in total. The summed E-state index contributed by atoms with van der Waals surface area (Å²) in [5.74, 6) is 2.02. The van der Waals surface area contributed by atoms with E-state index in [4.69, 9.17) is 0 Å². The summed E-state index contributed by atoms with van der Waals surface area (Å²) in [6, 6.07) is 0. The van der Waals surface area contributed by atoms with Crippen molar-refractivity contribution < 1.29 is 0 Å². The van der Waals surface area contributed by atoms with Crippen LogP contribution in [0.15, 0.2) is 0 Å².